The van der Waals surface area contributed by atoms with E-state index in [1.165, 1.54) is 10.4 Å². The summed E-state index contributed by atoms with van der Waals surface area (Å²) in [4.78, 5) is 33.8. The molecule has 1 aromatic heterocycles. The fourth-order valence-electron chi connectivity index (χ4n) is 4.98. The molecule has 0 spiro atoms. The highest BCUT2D eigenvalue weighted by atomic mass is 35.5. The van der Waals surface area contributed by atoms with Crippen LogP contribution in [0, 0.1) is 0 Å². The van der Waals surface area contributed by atoms with Crippen LogP contribution >= 0.6 is 22.9 Å². The highest BCUT2D eigenvalue weighted by molar-refractivity contribution is 7.10. The predicted octanol–water partition coefficient (Wildman–Crippen LogP) is 4.72. The van der Waals surface area contributed by atoms with Gasteiger partial charge in [0.05, 0.1) is 12.6 Å². The van der Waals surface area contributed by atoms with Crippen molar-refractivity contribution in [1.29, 1.82) is 0 Å². The molecule has 176 valence electrons. The lowest BCUT2D eigenvalue weighted by molar-refractivity contribution is -0.132. The van der Waals surface area contributed by atoms with Crippen molar-refractivity contribution in [1.82, 2.24) is 14.7 Å². The van der Waals surface area contributed by atoms with Crippen molar-refractivity contribution < 1.29 is 9.59 Å². The van der Waals surface area contributed by atoms with Crippen LogP contribution in [0.4, 0.5) is 0 Å². The Bertz CT molecular complexity index is 1150. The molecule has 2 aliphatic heterocycles. The SMILES string of the molecule is O=C(CN1CCc2sccc2C1c1ccc(Cl)cc1)N1CCCN(C(=O)c2ccccc2)CC1. The molecule has 0 bridgehead atoms. The number of carbonyl (C=O) groups excluding carboxylic acids is 2. The molecule has 1 fully saturated rings. The van der Waals surface area contributed by atoms with Crippen LogP contribution in [0.25, 0.3) is 0 Å². The van der Waals surface area contributed by atoms with Crippen LogP contribution < -0.4 is 0 Å². The maximum absolute atomic E-state index is 13.4. The van der Waals surface area contributed by atoms with Gasteiger partial charge in [0.2, 0.25) is 5.91 Å². The molecule has 0 aliphatic carbocycles. The van der Waals surface area contributed by atoms with E-state index in [9.17, 15) is 9.59 Å². The van der Waals surface area contributed by atoms with Crippen molar-refractivity contribution >= 4 is 34.8 Å². The summed E-state index contributed by atoms with van der Waals surface area (Å²) in [5.41, 5.74) is 3.15. The first-order chi connectivity index (χ1) is 16.6. The Morgan fingerprint density at radius 2 is 1.62 bits per heavy atom. The quantitative estimate of drug-likeness (QED) is 0.528. The van der Waals surface area contributed by atoms with Gasteiger partial charge < -0.3 is 9.80 Å². The monoisotopic (exact) mass is 493 g/mol. The van der Waals surface area contributed by atoms with Gasteiger partial charge in [-0.3, -0.25) is 14.5 Å². The summed E-state index contributed by atoms with van der Waals surface area (Å²) in [6.45, 7) is 3.71. The number of hydrogen-bond acceptors (Lipinski definition) is 4. The normalized spacial score (nSPS) is 18.9. The third kappa shape index (κ3) is 4.90. The number of thiophene rings is 1. The lowest BCUT2D eigenvalue weighted by atomic mass is 9.93. The summed E-state index contributed by atoms with van der Waals surface area (Å²) >= 11 is 7.93. The van der Waals surface area contributed by atoms with Crippen molar-refractivity contribution in [2.45, 2.75) is 18.9 Å². The molecule has 0 N–H and O–H groups in total. The number of fused-ring (bicyclic) bond motifs is 1. The topological polar surface area (TPSA) is 43.9 Å². The minimum atomic E-state index is 0.0405. The number of rotatable bonds is 4. The van der Waals surface area contributed by atoms with Crippen LogP contribution in [-0.2, 0) is 11.2 Å². The molecule has 7 heteroatoms. The standard InChI is InChI=1S/C27H28ClN3O2S/c28-22-9-7-20(8-10-22)26-23-12-18-34-24(23)11-15-31(26)19-25(32)29-13-4-14-30(17-16-29)27(33)21-5-2-1-3-6-21/h1-3,5-10,12,18,26H,4,11,13-17,19H2. The molecule has 2 amide bonds. The maximum atomic E-state index is 13.4. The van der Waals surface area contributed by atoms with Gasteiger partial charge >= 0.3 is 0 Å². The summed E-state index contributed by atoms with van der Waals surface area (Å²) in [6, 6.07) is 19.6. The lowest BCUT2D eigenvalue weighted by Gasteiger charge is -2.37. The summed E-state index contributed by atoms with van der Waals surface area (Å²) in [7, 11) is 0. The Labute approximate surface area is 209 Å². The van der Waals surface area contributed by atoms with E-state index in [0.29, 0.717) is 43.3 Å². The molecule has 2 aliphatic rings. The molecule has 5 nitrogen and oxygen atoms in total. The van der Waals surface area contributed by atoms with Crippen molar-refractivity contribution in [2.75, 3.05) is 39.3 Å². The summed E-state index contributed by atoms with van der Waals surface area (Å²) in [5.74, 6) is 0.172. The fourth-order valence-corrected chi connectivity index (χ4v) is 6.01. The second-order valence-corrected chi connectivity index (χ2v) is 10.3. The van der Waals surface area contributed by atoms with Gasteiger partial charge in [-0.15, -0.1) is 11.3 Å². The van der Waals surface area contributed by atoms with Gasteiger partial charge in [0.25, 0.3) is 5.91 Å². The van der Waals surface area contributed by atoms with Gasteiger partial charge in [-0.05, 0) is 59.7 Å². The maximum Gasteiger partial charge on any atom is 0.253 e. The van der Waals surface area contributed by atoms with Crippen LogP contribution in [-0.4, -0.2) is 65.8 Å². The number of carbonyl (C=O) groups is 2. The van der Waals surface area contributed by atoms with Gasteiger partial charge in [0.1, 0.15) is 0 Å². The molecular weight excluding hydrogens is 466 g/mol. The van der Waals surface area contributed by atoms with Crippen molar-refractivity contribution in [2.24, 2.45) is 0 Å². The Morgan fingerprint density at radius 3 is 2.41 bits per heavy atom. The first kappa shape index (κ1) is 23.1. The first-order valence-corrected chi connectivity index (χ1v) is 13.0. The Kier molecular flexibility index (Phi) is 6.99. The van der Waals surface area contributed by atoms with E-state index in [4.69, 9.17) is 11.6 Å². The highest BCUT2D eigenvalue weighted by Crippen LogP contribution is 2.38. The van der Waals surface area contributed by atoms with Gasteiger partial charge in [-0.25, -0.2) is 0 Å². The minimum absolute atomic E-state index is 0.0405. The fraction of sp³-hybridized carbons (Fsp3) is 0.333. The number of benzene rings is 2. The number of nitrogens with zero attached hydrogens (tertiary/aromatic N) is 3. The van der Waals surface area contributed by atoms with E-state index in [2.05, 4.69) is 28.5 Å². The molecule has 34 heavy (non-hydrogen) atoms. The van der Waals surface area contributed by atoms with Gasteiger partial charge in [-0.1, -0.05) is 41.9 Å². The average Bonchev–Trinajstić information content (AvgIpc) is 3.20. The van der Waals surface area contributed by atoms with Crippen molar-refractivity contribution in [3.05, 3.63) is 92.6 Å². The Morgan fingerprint density at radius 1 is 0.882 bits per heavy atom. The number of halogens is 1. The molecular formula is C27H28ClN3O2S. The molecule has 3 aromatic rings. The van der Waals surface area contributed by atoms with Crippen molar-refractivity contribution in [3.63, 3.8) is 0 Å². The van der Waals surface area contributed by atoms with Crippen LogP contribution in [0.15, 0.2) is 66.0 Å². The molecule has 3 heterocycles. The smallest absolute Gasteiger partial charge is 0.253 e. The van der Waals surface area contributed by atoms with E-state index < -0.39 is 0 Å². The minimum Gasteiger partial charge on any atom is -0.340 e. The molecule has 5 rings (SSSR count). The Balaban J connectivity index is 1.27. The lowest BCUT2D eigenvalue weighted by Crippen LogP contribution is -2.45. The molecule has 1 saturated heterocycles. The van der Waals surface area contributed by atoms with E-state index in [1.807, 2.05) is 52.3 Å². The predicted molar refractivity (Wildman–Crippen MR) is 136 cm³/mol. The second-order valence-electron chi connectivity index (χ2n) is 8.87. The van der Waals surface area contributed by atoms with Crippen LogP contribution in [0.2, 0.25) is 5.02 Å². The Hall–Kier alpha value is -2.67. The third-order valence-electron chi connectivity index (χ3n) is 6.75. The van der Waals surface area contributed by atoms with Gasteiger partial charge in [-0.2, -0.15) is 0 Å². The molecule has 1 unspecified atom stereocenters. The number of hydrogen-bond donors (Lipinski definition) is 0. The van der Waals surface area contributed by atoms with E-state index in [0.717, 1.165) is 24.9 Å². The first-order valence-electron chi connectivity index (χ1n) is 11.8. The van der Waals surface area contributed by atoms with Crippen molar-refractivity contribution in [3.8, 4) is 0 Å². The van der Waals surface area contributed by atoms with Crippen LogP contribution in [0.3, 0.4) is 0 Å². The molecule has 0 radical (unpaired) electrons. The zero-order valence-electron chi connectivity index (χ0n) is 19.0. The van der Waals surface area contributed by atoms with Crippen LogP contribution in [0.1, 0.15) is 38.8 Å². The van der Waals surface area contributed by atoms with E-state index in [1.54, 1.807) is 11.3 Å². The van der Waals surface area contributed by atoms with Crippen LogP contribution in [0.5, 0.6) is 0 Å². The van der Waals surface area contributed by atoms with E-state index in [-0.39, 0.29) is 17.9 Å². The van der Waals surface area contributed by atoms with E-state index >= 15 is 0 Å². The zero-order valence-corrected chi connectivity index (χ0v) is 20.6. The summed E-state index contributed by atoms with van der Waals surface area (Å²) in [5, 5.41) is 2.86. The number of amides is 2. The zero-order chi connectivity index (χ0) is 23.5. The largest absolute Gasteiger partial charge is 0.340 e. The molecule has 2 aromatic carbocycles. The third-order valence-corrected chi connectivity index (χ3v) is 7.99. The summed E-state index contributed by atoms with van der Waals surface area (Å²) < 4.78 is 0. The summed E-state index contributed by atoms with van der Waals surface area (Å²) in [6.07, 6.45) is 1.75. The highest BCUT2D eigenvalue weighted by Gasteiger charge is 2.32. The van der Waals surface area contributed by atoms with Gasteiger partial charge in [0.15, 0.2) is 0 Å². The second kappa shape index (κ2) is 10.3. The molecule has 0 saturated carbocycles. The average molecular weight is 494 g/mol. The molecule has 1 atom stereocenters. The van der Waals surface area contributed by atoms with Gasteiger partial charge in [0, 0.05) is 48.2 Å².